The van der Waals surface area contributed by atoms with Crippen LogP contribution in [0.1, 0.15) is 31.5 Å². The van der Waals surface area contributed by atoms with Crippen molar-refractivity contribution in [3.8, 4) is 5.69 Å². The van der Waals surface area contributed by atoms with E-state index in [4.69, 9.17) is 10.8 Å². The molecule has 3 N–H and O–H groups in total. The third-order valence-corrected chi connectivity index (χ3v) is 7.04. The minimum absolute atomic E-state index is 0.217. The van der Waals surface area contributed by atoms with Crippen LogP contribution in [-0.4, -0.2) is 74.4 Å². The number of aliphatic hydroxyl groups is 1. The summed E-state index contributed by atoms with van der Waals surface area (Å²) in [6, 6.07) is 15.8. The molecule has 0 saturated carbocycles. The summed E-state index contributed by atoms with van der Waals surface area (Å²) < 4.78 is 1.86. The van der Waals surface area contributed by atoms with E-state index in [1.165, 1.54) is 0 Å². The van der Waals surface area contributed by atoms with E-state index in [9.17, 15) is 9.90 Å². The topological polar surface area (TPSA) is 101 Å². The molecule has 1 amide bonds. The molecule has 0 spiro atoms. The molecule has 2 aromatic heterocycles. The molecule has 3 heterocycles. The number of primary amides is 1. The van der Waals surface area contributed by atoms with Gasteiger partial charge >= 0.3 is 0 Å². The first kappa shape index (κ1) is 25.0. The Morgan fingerprint density at radius 1 is 1.09 bits per heavy atom. The normalized spacial score (nSPS) is 17.2. The van der Waals surface area contributed by atoms with Gasteiger partial charge in [0, 0.05) is 51.0 Å². The summed E-state index contributed by atoms with van der Waals surface area (Å²) in [7, 11) is 0. The lowest BCUT2D eigenvalue weighted by Crippen LogP contribution is -2.54. The number of hydrogen-bond donors (Lipinski definition) is 2. The summed E-state index contributed by atoms with van der Waals surface area (Å²) in [5, 5.41) is 15.5. The van der Waals surface area contributed by atoms with Crippen LogP contribution in [0.3, 0.4) is 0 Å². The van der Waals surface area contributed by atoms with Gasteiger partial charge in [-0.05, 0) is 50.5 Å². The highest BCUT2D eigenvalue weighted by molar-refractivity contribution is 5.77. The highest BCUT2D eigenvalue weighted by Gasteiger charge is 2.34. The van der Waals surface area contributed by atoms with Crippen LogP contribution in [0.2, 0.25) is 0 Å². The van der Waals surface area contributed by atoms with E-state index < -0.39 is 6.10 Å². The predicted molar refractivity (Wildman–Crippen MR) is 136 cm³/mol. The molecule has 1 aliphatic heterocycles. The molecule has 0 bridgehead atoms. The number of carbonyl (C=O) groups is 1. The van der Waals surface area contributed by atoms with Gasteiger partial charge < -0.3 is 10.8 Å². The van der Waals surface area contributed by atoms with Crippen molar-refractivity contribution in [2.75, 3.05) is 32.7 Å². The minimum Gasteiger partial charge on any atom is -0.392 e. The predicted octanol–water partition coefficient (Wildman–Crippen LogP) is 2.22. The van der Waals surface area contributed by atoms with E-state index in [1.807, 2.05) is 53.3 Å². The summed E-state index contributed by atoms with van der Waals surface area (Å²) in [6.45, 7) is 8.41. The minimum atomic E-state index is -0.592. The van der Waals surface area contributed by atoms with Gasteiger partial charge in [0.2, 0.25) is 5.91 Å². The molecule has 2 atom stereocenters. The van der Waals surface area contributed by atoms with E-state index in [0.29, 0.717) is 19.4 Å². The van der Waals surface area contributed by atoms with Gasteiger partial charge in [-0.2, -0.15) is 5.10 Å². The molecule has 1 saturated heterocycles. The first-order chi connectivity index (χ1) is 16.8. The zero-order valence-corrected chi connectivity index (χ0v) is 20.6. The molecule has 3 aromatic rings. The number of rotatable bonds is 10. The Morgan fingerprint density at radius 3 is 2.49 bits per heavy atom. The SMILES string of the molecule is CC(C)(c1ccn(-c2cccnc2)n1)N1CCN(CC(O)CC(Cc2ccccc2)C(N)=O)CC1. The largest absolute Gasteiger partial charge is 0.392 e. The smallest absolute Gasteiger partial charge is 0.220 e. The van der Waals surface area contributed by atoms with Crippen molar-refractivity contribution in [3.05, 3.63) is 78.4 Å². The molecule has 2 unspecified atom stereocenters. The van der Waals surface area contributed by atoms with Crippen LogP contribution in [-0.2, 0) is 16.8 Å². The Labute approximate surface area is 207 Å². The maximum absolute atomic E-state index is 12.0. The highest BCUT2D eigenvalue weighted by Crippen LogP contribution is 2.28. The molecule has 4 rings (SSSR count). The van der Waals surface area contributed by atoms with E-state index in [1.54, 1.807) is 12.4 Å². The zero-order chi connectivity index (χ0) is 24.8. The van der Waals surface area contributed by atoms with Gasteiger partial charge in [0.1, 0.15) is 0 Å². The van der Waals surface area contributed by atoms with Crippen molar-refractivity contribution in [1.82, 2.24) is 24.6 Å². The van der Waals surface area contributed by atoms with Crippen molar-refractivity contribution in [2.24, 2.45) is 11.7 Å². The molecular weight excluding hydrogens is 440 g/mol. The summed E-state index contributed by atoms with van der Waals surface area (Å²) in [4.78, 5) is 20.9. The van der Waals surface area contributed by atoms with E-state index in [-0.39, 0.29) is 17.4 Å². The van der Waals surface area contributed by atoms with Crippen LogP contribution in [0.15, 0.2) is 67.1 Å². The molecule has 35 heavy (non-hydrogen) atoms. The first-order valence-corrected chi connectivity index (χ1v) is 12.3. The summed E-state index contributed by atoms with van der Waals surface area (Å²) >= 11 is 0. The molecule has 1 fully saturated rings. The van der Waals surface area contributed by atoms with Crippen LogP contribution in [0, 0.1) is 5.92 Å². The van der Waals surface area contributed by atoms with Gasteiger partial charge in [-0.1, -0.05) is 30.3 Å². The van der Waals surface area contributed by atoms with Gasteiger partial charge in [0.05, 0.1) is 29.2 Å². The van der Waals surface area contributed by atoms with Crippen molar-refractivity contribution < 1.29 is 9.90 Å². The number of benzene rings is 1. The first-order valence-electron chi connectivity index (χ1n) is 12.3. The Balaban J connectivity index is 1.29. The number of nitrogens with zero attached hydrogens (tertiary/aromatic N) is 5. The van der Waals surface area contributed by atoms with Crippen molar-refractivity contribution in [1.29, 1.82) is 0 Å². The lowest BCUT2D eigenvalue weighted by Gasteiger charge is -2.43. The van der Waals surface area contributed by atoms with E-state index in [0.717, 1.165) is 43.1 Å². The number of β-amino-alcohol motifs (C(OH)–C–C–N with tert-alkyl or cyclic N) is 1. The van der Waals surface area contributed by atoms with Crippen LogP contribution in [0.4, 0.5) is 0 Å². The lowest BCUT2D eigenvalue weighted by atomic mass is 9.92. The number of aromatic nitrogens is 3. The molecule has 1 aromatic carbocycles. The van der Waals surface area contributed by atoms with Crippen LogP contribution >= 0.6 is 0 Å². The monoisotopic (exact) mass is 476 g/mol. The van der Waals surface area contributed by atoms with Crippen LogP contribution < -0.4 is 5.73 Å². The van der Waals surface area contributed by atoms with Crippen molar-refractivity contribution in [2.45, 2.75) is 38.3 Å². The Morgan fingerprint density at radius 2 is 1.83 bits per heavy atom. The third-order valence-electron chi connectivity index (χ3n) is 7.04. The van der Waals surface area contributed by atoms with Crippen molar-refractivity contribution >= 4 is 5.91 Å². The highest BCUT2D eigenvalue weighted by atomic mass is 16.3. The maximum Gasteiger partial charge on any atom is 0.220 e. The number of amides is 1. The van der Waals surface area contributed by atoms with E-state index in [2.05, 4.69) is 34.7 Å². The molecule has 8 heteroatoms. The number of aliphatic hydroxyl groups excluding tert-OH is 1. The average Bonchev–Trinajstić information content (AvgIpc) is 3.37. The van der Waals surface area contributed by atoms with Gasteiger partial charge in [0.25, 0.3) is 0 Å². The fourth-order valence-electron chi connectivity index (χ4n) is 4.83. The quantitative estimate of drug-likeness (QED) is 0.465. The molecule has 186 valence electrons. The van der Waals surface area contributed by atoms with Crippen LogP contribution in [0.25, 0.3) is 5.69 Å². The Kier molecular flexibility index (Phi) is 7.95. The molecular formula is C27H36N6O2. The van der Waals surface area contributed by atoms with Crippen LogP contribution in [0.5, 0.6) is 0 Å². The molecule has 0 radical (unpaired) electrons. The second kappa shape index (κ2) is 11.1. The zero-order valence-electron chi connectivity index (χ0n) is 20.6. The van der Waals surface area contributed by atoms with E-state index >= 15 is 0 Å². The standard InChI is InChI=1S/C27H36N6O2/c1-27(2,25-10-12-33(30-25)23-9-6-11-29-19-23)32-15-13-31(14-16-32)20-24(34)18-22(26(28)35)17-21-7-4-3-5-8-21/h3-12,19,22,24,34H,13-18,20H2,1-2H3,(H2,28,35). The summed E-state index contributed by atoms with van der Waals surface area (Å²) in [6.07, 6.45) is 5.88. The Hall–Kier alpha value is -3.07. The fraction of sp³-hybridized carbons (Fsp3) is 0.444. The lowest BCUT2D eigenvalue weighted by molar-refractivity contribution is -0.122. The second-order valence-corrected chi connectivity index (χ2v) is 9.88. The summed E-state index contributed by atoms with van der Waals surface area (Å²) in [5.74, 6) is -0.729. The van der Waals surface area contributed by atoms with Gasteiger partial charge in [-0.15, -0.1) is 0 Å². The van der Waals surface area contributed by atoms with Gasteiger partial charge in [0.15, 0.2) is 0 Å². The van der Waals surface area contributed by atoms with Gasteiger partial charge in [-0.25, -0.2) is 4.68 Å². The molecule has 1 aliphatic rings. The number of carbonyl (C=O) groups excluding carboxylic acids is 1. The van der Waals surface area contributed by atoms with Crippen molar-refractivity contribution in [3.63, 3.8) is 0 Å². The number of pyridine rings is 1. The fourth-order valence-corrected chi connectivity index (χ4v) is 4.83. The number of hydrogen-bond acceptors (Lipinski definition) is 6. The number of piperazine rings is 1. The third kappa shape index (κ3) is 6.33. The average molecular weight is 477 g/mol. The second-order valence-electron chi connectivity index (χ2n) is 9.88. The van der Waals surface area contributed by atoms with Gasteiger partial charge in [-0.3, -0.25) is 19.6 Å². The molecule has 0 aliphatic carbocycles. The molecule has 8 nitrogen and oxygen atoms in total. The number of nitrogens with two attached hydrogens (primary N) is 1. The Bertz CT molecular complexity index is 1080. The maximum atomic E-state index is 12.0. The summed E-state index contributed by atoms with van der Waals surface area (Å²) in [5.41, 5.74) is 8.44.